The van der Waals surface area contributed by atoms with Gasteiger partial charge in [0.05, 0.1) is 0 Å². The van der Waals surface area contributed by atoms with E-state index in [9.17, 15) is 4.79 Å². The van der Waals surface area contributed by atoms with Crippen LogP contribution in [0.3, 0.4) is 0 Å². The molecule has 0 bridgehead atoms. The second-order valence-corrected chi connectivity index (χ2v) is 5.20. The second kappa shape index (κ2) is 6.93. The minimum Gasteiger partial charge on any atom is -0.478 e. The highest BCUT2D eigenvalue weighted by Gasteiger charge is 2.33. The van der Waals surface area contributed by atoms with Crippen molar-refractivity contribution in [2.24, 2.45) is 0 Å². The number of rotatable bonds is 5. The number of hydrogen-bond donors (Lipinski definition) is 1. The smallest absolute Gasteiger partial charge is 0.328 e. The van der Waals surface area contributed by atoms with Gasteiger partial charge in [-0.15, -0.1) is 0 Å². The molecule has 1 aromatic carbocycles. The molecule has 1 heterocycles. The molecule has 0 aliphatic carbocycles. The van der Waals surface area contributed by atoms with Crippen molar-refractivity contribution in [3.05, 3.63) is 34.9 Å². The fraction of sp³-hybridized carbons (Fsp3) is 0.400. The van der Waals surface area contributed by atoms with E-state index in [4.69, 9.17) is 26.2 Å². The molecule has 1 aromatic rings. The van der Waals surface area contributed by atoms with Crippen LogP contribution in [0.5, 0.6) is 0 Å². The highest BCUT2D eigenvalue weighted by molar-refractivity contribution is 6.32. The molecule has 1 aliphatic rings. The van der Waals surface area contributed by atoms with Crippen LogP contribution in [-0.4, -0.2) is 50.6 Å². The third kappa shape index (κ3) is 3.56. The summed E-state index contributed by atoms with van der Waals surface area (Å²) >= 11 is 6.20. The highest BCUT2D eigenvalue weighted by Crippen LogP contribution is 2.32. The number of ether oxygens (including phenoxy) is 2. The zero-order valence-corrected chi connectivity index (χ0v) is 12.7. The summed E-state index contributed by atoms with van der Waals surface area (Å²) < 4.78 is 10.8. The summed E-state index contributed by atoms with van der Waals surface area (Å²) in [4.78, 5) is 12.8. The van der Waals surface area contributed by atoms with Crippen LogP contribution in [0.4, 0.5) is 5.69 Å². The van der Waals surface area contributed by atoms with E-state index in [0.29, 0.717) is 23.7 Å². The van der Waals surface area contributed by atoms with Crippen LogP contribution >= 0.6 is 11.6 Å². The first-order valence-corrected chi connectivity index (χ1v) is 6.94. The van der Waals surface area contributed by atoms with Crippen molar-refractivity contribution in [2.75, 3.05) is 32.2 Å². The van der Waals surface area contributed by atoms with E-state index in [1.807, 2.05) is 12.1 Å². The van der Waals surface area contributed by atoms with Gasteiger partial charge in [0, 0.05) is 49.7 Å². The third-order valence-electron chi connectivity index (χ3n) is 3.58. The van der Waals surface area contributed by atoms with Gasteiger partial charge < -0.3 is 19.5 Å². The van der Waals surface area contributed by atoms with E-state index in [1.54, 1.807) is 20.3 Å². The van der Waals surface area contributed by atoms with E-state index in [2.05, 4.69) is 4.90 Å². The van der Waals surface area contributed by atoms with Crippen LogP contribution in [0.15, 0.2) is 24.3 Å². The molecule has 1 fully saturated rings. The lowest BCUT2D eigenvalue weighted by atomic mass is 10.1. The van der Waals surface area contributed by atoms with Crippen LogP contribution in [-0.2, 0) is 14.3 Å². The standard InChI is InChI=1S/C15H18ClNO4/c1-20-13-8-17(9-14(13)21-2)12-5-3-4-11(16)10(12)6-7-15(18)19/h3-7,13-14H,8-9H2,1-2H3,(H,18,19)/b7-6+. The van der Waals surface area contributed by atoms with Gasteiger partial charge in [-0.25, -0.2) is 4.79 Å². The Bertz CT molecular complexity index is 534. The summed E-state index contributed by atoms with van der Waals surface area (Å²) in [5.74, 6) is -1.01. The van der Waals surface area contributed by atoms with Gasteiger partial charge in [-0.2, -0.15) is 0 Å². The fourth-order valence-corrected chi connectivity index (χ4v) is 2.75. The number of carboxylic acids is 1. The molecule has 2 unspecified atom stereocenters. The lowest BCUT2D eigenvalue weighted by molar-refractivity contribution is -0.131. The first-order valence-electron chi connectivity index (χ1n) is 6.57. The van der Waals surface area contributed by atoms with E-state index in [0.717, 1.165) is 11.8 Å². The van der Waals surface area contributed by atoms with Crippen molar-refractivity contribution in [1.29, 1.82) is 0 Å². The molecule has 114 valence electrons. The summed E-state index contributed by atoms with van der Waals surface area (Å²) in [6.45, 7) is 1.34. The predicted molar refractivity (Wildman–Crippen MR) is 81.9 cm³/mol. The van der Waals surface area contributed by atoms with Crippen molar-refractivity contribution < 1.29 is 19.4 Å². The minimum atomic E-state index is -1.01. The average Bonchev–Trinajstić information content (AvgIpc) is 2.88. The van der Waals surface area contributed by atoms with Crippen molar-refractivity contribution in [3.63, 3.8) is 0 Å². The van der Waals surface area contributed by atoms with Gasteiger partial charge in [0.25, 0.3) is 0 Å². The number of benzene rings is 1. The van der Waals surface area contributed by atoms with Gasteiger partial charge in [-0.3, -0.25) is 0 Å². The van der Waals surface area contributed by atoms with Crippen LogP contribution in [0, 0.1) is 0 Å². The van der Waals surface area contributed by atoms with Gasteiger partial charge in [0.2, 0.25) is 0 Å². The number of methoxy groups -OCH3 is 2. The zero-order chi connectivity index (χ0) is 15.4. The van der Waals surface area contributed by atoms with E-state index in [-0.39, 0.29) is 12.2 Å². The maximum absolute atomic E-state index is 10.7. The van der Waals surface area contributed by atoms with Gasteiger partial charge in [0.15, 0.2) is 0 Å². The monoisotopic (exact) mass is 311 g/mol. The number of halogens is 1. The number of carbonyl (C=O) groups is 1. The van der Waals surface area contributed by atoms with Crippen LogP contribution in [0.1, 0.15) is 5.56 Å². The van der Waals surface area contributed by atoms with Gasteiger partial charge in [0.1, 0.15) is 12.2 Å². The average molecular weight is 312 g/mol. The van der Waals surface area contributed by atoms with Crippen molar-refractivity contribution in [1.82, 2.24) is 0 Å². The Morgan fingerprint density at radius 1 is 1.33 bits per heavy atom. The summed E-state index contributed by atoms with van der Waals surface area (Å²) in [5.41, 5.74) is 1.56. The molecule has 1 saturated heterocycles. The molecule has 0 radical (unpaired) electrons. The van der Waals surface area contributed by atoms with Gasteiger partial charge in [-0.05, 0) is 18.2 Å². The second-order valence-electron chi connectivity index (χ2n) is 4.80. The molecule has 1 N–H and O–H groups in total. The lowest BCUT2D eigenvalue weighted by Crippen LogP contribution is -2.27. The highest BCUT2D eigenvalue weighted by atomic mass is 35.5. The maximum atomic E-state index is 10.7. The Morgan fingerprint density at radius 2 is 1.95 bits per heavy atom. The number of hydrogen-bond acceptors (Lipinski definition) is 4. The molecule has 0 saturated carbocycles. The molecule has 2 atom stereocenters. The van der Waals surface area contributed by atoms with Crippen molar-refractivity contribution >= 4 is 29.3 Å². The van der Waals surface area contributed by atoms with Gasteiger partial charge >= 0.3 is 5.97 Å². The largest absolute Gasteiger partial charge is 0.478 e. The van der Waals surface area contributed by atoms with Crippen LogP contribution < -0.4 is 4.90 Å². The maximum Gasteiger partial charge on any atom is 0.328 e. The number of carboxylic acid groups (broad SMARTS) is 1. The number of nitrogens with zero attached hydrogens (tertiary/aromatic N) is 1. The normalized spacial score (nSPS) is 22.1. The predicted octanol–water partition coefficient (Wildman–Crippen LogP) is 2.29. The Balaban J connectivity index is 2.32. The Labute approximate surface area is 128 Å². The summed E-state index contributed by atoms with van der Waals surface area (Å²) in [5, 5.41) is 9.31. The molecule has 0 spiro atoms. The first-order chi connectivity index (χ1) is 10.1. The summed E-state index contributed by atoms with van der Waals surface area (Å²) in [7, 11) is 3.31. The molecule has 5 nitrogen and oxygen atoms in total. The van der Waals surface area contributed by atoms with Crippen molar-refractivity contribution in [3.8, 4) is 0 Å². The van der Waals surface area contributed by atoms with Crippen molar-refractivity contribution in [2.45, 2.75) is 12.2 Å². The quantitative estimate of drug-likeness (QED) is 0.846. The zero-order valence-electron chi connectivity index (χ0n) is 12.0. The Hall–Kier alpha value is -1.56. The molecule has 0 amide bonds. The lowest BCUT2D eigenvalue weighted by Gasteiger charge is -2.21. The minimum absolute atomic E-state index is 0.0229. The van der Waals surface area contributed by atoms with Gasteiger partial charge in [-0.1, -0.05) is 17.7 Å². The molecular weight excluding hydrogens is 294 g/mol. The molecule has 0 aromatic heterocycles. The van der Waals surface area contributed by atoms with E-state index in [1.165, 1.54) is 6.08 Å². The summed E-state index contributed by atoms with van der Waals surface area (Å²) in [6, 6.07) is 5.50. The fourth-order valence-electron chi connectivity index (χ4n) is 2.51. The molecule has 2 rings (SSSR count). The molecule has 21 heavy (non-hydrogen) atoms. The summed E-state index contributed by atoms with van der Waals surface area (Å²) in [6.07, 6.45) is 2.56. The molecule has 1 aliphatic heterocycles. The molecule has 6 heteroatoms. The molecular formula is C15H18ClNO4. The van der Waals surface area contributed by atoms with Crippen LogP contribution in [0.2, 0.25) is 5.02 Å². The van der Waals surface area contributed by atoms with E-state index < -0.39 is 5.97 Å². The third-order valence-corrected chi connectivity index (χ3v) is 3.91. The Kier molecular flexibility index (Phi) is 5.22. The topological polar surface area (TPSA) is 59.0 Å². The first kappa shape index (κ1) is 15.8. The SMILES string of the molecule is COC1CN(c2cccc(Cl)c2/C=C/C(=O)O)CC1OC. The van der Waals surface area contributed by atoms with E-state index >= 15 is 0 Å². The Morgan fingerprint density at radius 3 is 2.48 bits per heavy atom. The number of aliphatic carboxylic acids is 1. The van der Waals surface area contributed by atoms with Crippen LogP contribution in [0.25, 0.3) is 6.08 Å². The number of anilines is 1.